The maximum atomic E-state index is 12.5. The minimum Gasteiger partial charge on any atom is -0.392 e. The first-order chi connectivity index (χ1) is 9.87. The predicted molar refractivity (Wildman–Crippen MR) is 83.6 cm³/mol. The van der Waals surface area contributed by atoms with Crippen LogP contribution in [-0.4, -0.2) is 32.3 Å². The standard InChI is InChI=1S/C14H20BrNO4S/c1-3-20-12-6-11(7-12)16-21(18,19)13-5-10(8-17)4-9(2)14(13)15/h4-5,11-12,16-17H,3,6-8H2,1-2H3. The van der Waals surface area contributed by atoms with Gasteiger partial charge in [-0.2, -0.15) is 0 Å². The van der Waals surface area contributed by atoms with Crippen molar-refractivity contribution in [1.82, 2.24) is 4.72 Å². The summed E-state index contributed by atoms with van der Waals surface area (Å²) >= 11 is 3.32. The summed E-state index contributed by atoms with van der Waals surface area (Å²) in [7, 11) is -3.61. The fraction of sp³-hybridized carbons (Fsp3) is 0.571. The van der Waals surface area contributed by atoms with Crippen molar-refractivity contribution in [2.75, 3.05) is 6.61 Å². The van der Waals surface area contributed by atoms with Crippen molar-refractivity contribution in [3.05, 3.63) is 27.7 Å². The number of halogens is 1. The van der Waals surface area contributed by atoms with Gasteiger partial charge in [0.15, 0.2) is 0 Å². The van der Waals surface area contributed by atoms with Gasteiger partial charge in [-0.25, -0.2) is 13.1 Å². The summed E-state index contributed by atoms with van der Waals surface area (Å²) < 4.78 is 33.6. The molecule has 0 spiro atoms. The molecule has 0 aromatic heterocycles. The molecular formula is C14H20BrNO4S. The van der Waals surface area contributed by atoms with E-state index in [2.05, 4.69) is 20.7 Å². The monoisotopic (exact) mass is 377 g/mol. The second-order valence-corrected chi connectivity index (χ2v) is 7.73. The predicted octanol–water partition coefficient (Wildman–Crippen LogP) is 2.10. The molecule has 21 heavy (non-hydrogen) atoms. The van der Waals surface area contributed by atoms with Crippen LogP contribution in [-0.2, 0) is 21.4 Å². The van der Waals surface area contributed by atoms with Crippen LogP contribution in [0.5, 0.6) is 0 Å². The van der Waals surface area contributed by atoms with E-state index in [0.717, 1.165) is 5.56 Å². The molecule has 1 aliphatic carbocycles. The maximum absolute atomic E-state index is 12.5. The molecule has 0 unspecified atom stereocenters. The van der Waals surface area contributed by atoms with Gasteiger partial charge in [0, 0.05) is 17.1 Å². The Bertz CT molecular complexity index is 612. The average Bonchev–Trinajstić information content (AvgIpc) is 2.39. The summed E-state index contributed by atoms with van der Waals surface area (Å²) in [5.74, 6) is 0. The van der Waals surface area contributed by atoms with Crippen molar-refractivity contribution in [3.63, 3.8) is 0 Å². The van der Waals surface area contributed by atoms with Crippen molar-refractivity contribution >= 4 is 26.0 Å². The van der Waals surface area contributed by atoms with Gasteiger partial charge in [0.1, 0.15) is 0 Å². The Kier molecular flexibility index (Phi) is 5.43. The summed E-state index contributed by atoms with van der Waals surface area (Å²) in [4.78, 5) is 0.173. The lowest BCUT2D eigenvalue weighted by Crippen LogP contribution is -2.47. The molecule has 0 aliphatic heterocycles. The van der Waals surface area contributed by atoms with Gasteiger partial charge in [-0.05, 0) is 59.8 Å². The molecular weight excluding hydrogens is 358 g/mol. The zero-order chi connectivity index (χ0) is 15.6. The lowest BCUT2D eigenvalue weighted by molar-refractivity contribution is -0.00476. The highest BCUT2D eigenvalue weighted by Gasteiger charge is 2.33. The van der Waals surface area contributed by atoms with E-state index < -0.39 is 10.0 Å². The van der Waals surface area contributed by atoms with E-state index >= 15 is 0 Å². The Hall–Kier alpha value is -0.470. The zero-order valence-corrected chi connectivity index (χ0v) is 14.5. The molecule has 0 atom stereocenters. The summed E-state index contributed by atoms with van der Waals surface area (Å²) in [6.45, 7) is 4.19. The number of hydrogen-bond donors (Lipinski definition) is 2. The van der Waals surface area contributed by atoms with Crippen molar-refractivity contribution in [2.24, 2.45) is 0 Å². The molecule has 2 N–H and O–H groups in total. The van der Waals surface area contributed by atoms with Crippen LogP contribution in [0.15, 0.2) is 21.5 Å². The van der Waals surface area contributed by atoms with Gasteiger partial charge in [-0.3, -0.25) is 0 Å². The molecule has 5 nitrogen and oxygen atoms in total. The molecule has 1 aliphatic rings. The van der Waals surface area contributed by atoms with E-state index in [1.807, 2.05) is 6.92 Å². The maximum Gasteiger partial charge on any atom is 0.241 e. The SMILES string of the molecule is CCOC1CC(NS(=O)(=O)c2cc(CO)cc(C)c2Br)C1. The van der Waals surface area contributed by atoms with Crippen molar-refractivity contribution in [1.29, 1.82) is 0 Å². The quantitative estimate of drug-likeness (QED) is 0.795. The van der Waals surface area contributed by atoms with Gasteiger partial charge in [-0.1, -0.05) is 6.07 Å². The van der Waals surface area contributed by atoms with E-state index in [9.17, 15) is 13.5 Å². The first-order valence-electron chi connectivity index (χ1n) is 6.91. The first-order valence-corrected chi connectivity index (χ1v) is 9.18. The summed E-state index contributed by atoms with van der Waals surface area (Å²) in [5.41, 5.74) is 1.36. The molecule has 0 heterocycles. The highest BCUT2D eigenvalue weighted by atomic mass is 79.9. The number of nitrogens with one attached hydrogen (secondary N) is 1. The molecule has 1 saturated carbocycles. The van der Waals surface area contributed by atoms with Crippen LogP contribution in [0.2, 0.25) is 0 Å². The summed E-state index contributed by atoms with van der Waals surface area (Å²) in [6, 6.07) is 3.17. The number of benzene rings is 1. The van der Waals surface area contributed by atoms with Crippen LogP contribution < -0.4 is 4.72 Å². The molecule has 2 rings (SSSR count). The summed E-state index contributed by atoms with van der Waals surface area (Å²) in [5, 5.41) is 9.23. The zero-order valence-electron chi connectivity index (χ0n) is 12.1. The molecule has 1 aromatic rings. The molecule has 1 fully saturated rings. The molecule has 7 heteroatoms. The largest absolute Gasteiger partial charge is 0.392 e. The fourth-order valence-corrected chi connectivity index (χ4v) is 4.74. The topological polar surface area (TPSA) is 75.6 Å². The van der Waals surface area contributed by atoms with E-state index in [1.165, 1.54) is 6.07 Å². The third-order valence-electron chi connectivity index (χ3n) is 3.57. The number of aliphatic hydroxyl groups excluding tert-OH is 1. The smallest absolute Gasteiger partial charge is 0.241 e. The first kappa shape index (κ1) is 16.9. The minimum absolute atomic E-state index is 0.0865. The second-order valence-electron chi connectivity index (χ2n) is 5.25. The Labute approximate surface area is 133 Å². The van der Waals surface area contributed by atoms with Crippen LogP contribution >= 0.6 is 15.9 Å². The molecule has 1 aromatic carbocycles. The number of rotatable bonds is 6. The van der Waals surface area contributed by atoms with Crippen LogP contribution in [0.3, 0.4) is 0 Å². The third kappa shape index (κ3) is 3.84. The Balaban J connectivity index is 2.15. The number of sulfonamides is 1. The lowest BCUT2D eigenvalue weighted by Gasteiger charge is -2.35. The van der Waals surface area contributed by atoms with Gasteiger partial charge >= 0.3 is 0 Å². The Morgan fingerprint density at radius 3 is 2.67 bits per heavy atom. The molecule has 0 amide bonds. The van der Waals surface area contributed by atoms with E-state index in [1.54, 1.807) is 13.0 Å². The minimum atomic E-state index is -3.61. The Morgan fingerprint density at radius 1 is 1.43 bits per heavy atom. The van der Waals surface area contributed by atoms with Gasteiger partial charge < -0.3 is 9.84 Å². The lowest BCUT2D eigenvalue weighted by atomic mass is 9.90. The second kappa shape index (κ2) is 6.75. The Morgan fingerprint density at radius 2 is 2.10 bits per heavy atom. The number of aliphatic hydroxyl groups is 1. The number of hydrogen-bond acceptors (Lipinski definition) is 4. The fourth-order valence-electron chi connectivity index (χ4n) is 2.41. The van der Waals surface area contributed by atoms with Crippen LogP contribution in [0.4, 0.5) is 0 Å². The van der Waals surface area contributed by atoms with E-state index in [-0.39, 0.29) is 23.6 Å². The molecule has 0 saturated heterocycles. The van der Waals surface area contributed by atoms with Crippen LogP contribution in [0.1, 0.15) is 30.9 Å². The molecule has 118 valence electrons. The third-order valence-corrected chi connectivity index (χ3v) is 6.43. The van der Waals surface area contributed by atoms with Gasteiger partial charge in [-0.15, -0.1) is 0 Å². The van der Waals surface area contributed by atoms with Crippen LogP contribution in [0.25, 0.3) is 0 Å². The average molecular weight is 378 g/mol. The molecule has 0 bridgehead atoms. The van der Waals surface area contributed by atoms with Gasteiger partial charge in [0.2, 0.25) is 10.0 Å². The number of aryl methyl sites for hydroxylation is 1. The van der Waals surface area contributed by atoms with Crippen molar-refractivity contribution in [2.45, 2.75) is 50.3 Å². The van der Waals surface area contributed by atoms with Gasteiger partial charge in [0.25, 0.3) is 0 Å². The highest BCUT2D eigenvalue weighted by Crippen LogP contribution is 2.30. The van der Waals surface area contributed by atoms with Crippen LogP contribution in [0, 0.1) is 6.92 Å². The molecule has 0 radical (unpaired) electrons. The highest BCUT2D eigenvalue weighted by molar-refractivity contribution is 9.10. The van der Waals surface area contributed by atoms with E-state index in [0.29, 0.717) is 29.5 Å². The van der Waals surface area contributed by atoms with Gasteiger partial charge in [0.05, 0.1) is 17.6 Å². The van der Waals surface area contributed by atoms with Crippen molar-refractivity contribution in [3.8, 4) is 0 Å². The van der Waals surface area contributed by atoms with E-state index in [4.69, 9.17) is 4.74 Å². The number of ether oxygens (including phenoxy) is 1. The normalized spacial score (nSPS) is 22.1. The summed E-state index contributed by atoms with van der Waals surface area (Å²) in [6.07, 6.45) is 1.55. The van der Waals surface area contributed by atoms with Crippen molar-refractivity contribution < 1.29 is 18.3 Å².